The number of ether oxygens (including phenoxy) is 1. The van der Waals surface area contributed by atoms with Gasteiger partial charge in [0.2, 0.25) is 0 Å². The lowest BCUT2D eigenvalue weighted by atomic mass is 10.1. The first-order valence-corrected chi connectivity index (χ1v) is 4.01. The van der Waals surface area contributed by atoms with Crippen LogP contribution >= 0.6 is 0 Å². The lowest BCUT2D eigenvalue weighted by molar-refractivity contribution is -0.142. The Balaban J connectivity index is 2.61. The van der Waals surface area contributed by atoms with Gasteiger partial charge in [-0.1, -0.05) is 18.2 Å². The molecule has 13 heavy (non-hydrogen) atoms. The van der Waals surface area contributed by atoms with Crippen molar-refractivity contribution in [2.75, 3.05) is 0 Å². The van der Waals surface area contributed by atoms with Gasteiger partial charge in [-0.3, -0.25) is 4.79 Å². The molecular weight excluding hydrogens is 168 g/mol. The minimum atomic E-state index is -0.312. The molecule has 0 saturated heterocycles. The molecule has 3 heteroatoms. The van der Waals surface area contributed by atoms with Crippen molar-refractivity contribution >= 4 is 5.97 Å². The maximum atomic E-state index is 10.5. The summed E-state index contributed by atoms with van der Waals surface area (Å²) in [5, 5.41) is 10.5. The maximum Gasteiger partial charge on any atom is 0.302 e. The molecule has 3 nitrogen and oxygen atoms in total. The van der Waals surface area contributed by atoms with Gasteiger partial charge < -0.3 is 4.74 Å². The topological polar surface area (TPSA) is 46.2 Å². The molecule has 0 aliphatic heterocycles. The lowest BCUT2D eigenvalue weighted by Gasteiger charge is -2.02. The van der Waals surface area contributed by atoms with Crippen molar-refractivity contribution in [3.63, 3.8) is 0 Å². The van der Waals surface area contributed by atoms with E-state index in [0.717, 1.165) is 5.56 Å². The third kappa shape index (κ3) is 3.25. The lowest BCUT2D eigenvalue weighted by Crippen LogP contribution is -1.99. The van der Waals surface area contributed by atoms with Crippen LogP contribution in [0.3, 0.4) is 0 Å². The molecule has 1 radical (unpaired) electrons. The zero-order valence-corrected chi connectivity index (χ0v) is 7.45. The van der Waals surface area contributed by atoms with Crippen LogP contribution in [0.2, 0.25) is 0 Å². The van der Waals surface area contributed by atoms with E-state index >= 15 is 0 Å². The molecule has 0 aliphatic rings. The summed E-state index contributed by atoms with van der Waals surface area (Å²) in [4.78, 5) is 10.5. The highest BCUT2D eigenvalue weighted by Crippen LogP contribution is 2.06. The molecule has 69 valence electrons. The number of hydrogen-bond acceptors (Lipinski definition) is 2. The van der Waals surface area contributed by atoms with E-state index in [4.69, 9.17) is 4.74 Å². The highest BCUT2D eigenvalue weighted by Gasteiger charge is 1.97. The average Bonchev–Trinajstić information content (AvgIpc) is 2.15. The van der Waals surface area contributed by atoms with Gasteiger partial charge in [0.15, 0.2) is 0 Å². The Bertz CT molecular complexity index is 294. The first kappa shape index (κ1) is 9.74. The van der Waals surface area contributed by atoms with Crippen LogP contribution in [-0.4, -0.2) is 5.97 Å². The second-order valence-electron chi connectivity index (χ2n) is 2.74. The van der Waals surface area contributed by atoms with Crippen molar-refractivity contribution in [2.45, 2.75) is 20.1 Å². The molecule has 0 amide bonds. The van der Waals surface area contributed by atoms with Crippen LogP contribution < -0.4 is 0 Å². The van der Waals surface area contributed by atoms with Gasteiger partial charge in [0, 0.05) is 6.92 Å². The van der Waals surface area contributed by atoms with E-state index in [0.29, 0.717) is 5.56 Å². The Morgan fingerprint density at radius 2 is 2.08 bits per heavy atom. The summed E-state index contributed by atoms with van der Waals surface area (Å²) < 4.78 is 4.79. The fourth-order valence-electron chi connectivity index (χ4n) is 0.994. The van der Waals surface area contributed by atoms with Crippen LogP contribution in [0.4, 0.5) is 0 Å². The number of rotatable bonds is 3. The SMILES string of the molecule is CC(=O)OCc1cccc(C[O])c1. The molecule has 0 atom stereocenters. The zero-order chi connectivity index (χ0) is 9.68. The van der Waals surface area contributed by atoms with Crippen molar-refractivity contribution in [1.82, 2.24) is 0 Å². The molecule has 1 rings (SSSR count). The molecule has 1 aromatic carbocycles. The molecule has 0 aliphatic carbocycles. The molecule has 0 bridgehead atoms. The van der Waals surface area contributed by atoms with E-state index in [9.17, 15) is 9.90 Å². The van der Waals surface area contributed by atoms with Crippen molar-refractivity contribution < 1.29 is 14.6 Å². The zero-order valence-electron chi connectivity index (χ0n) is 7.45. The molecule has 0 unspecified atom stereocenters. The second kappa shape index (κ2) is 4.62. The Labute approximate surface area is 77.0 Å². The van der Waals surface area contributed by atoms with E-state index in [-0.39, 0.29) is 19.2 Å². The highest BCUT2D eigenvalue weighted by atomic mass is 16.5. The first-order valence-electron chi connectivity index (χ1n) is 4.01. The van der Waals surface area contributed by atoms with Gasteiger partial charge in [-0.2, -0.15) is 0 Å². The Kier molecular flexibility index (Phi) is 3.46. The quantitative estimate of drug-likeness (QED) is 0.662. The van der Waals surface area contributed by atoms with Crippen LogP contribution in [0, 0.1) is 0 Å². The van der Waals surface area contributed by atoms with Gasteiger partial charge in [-0.05, 0) is 17.2 Å². The summed E-state index contributed by atoms with van der Waals surface area (Å²) in [6.45, 7) is 1.36. The number of esters is 1. The van der Waals surface area contributed by atoms with Crippen LogP contribution in [0.5, 0.6) is 0 Å². The molecule has 0 aromatic heterocycles. The molecule has 0 heterocycles. The van der Waals surface area contributed by atoms with Gasteiger partial charge in [0.05, 0.1) is 0 Å². The fourth-order valence-corrected chi connectivity index (χ4v) is 0.994. The fraction of sp³-hybridized carbons (Fsp3) is 0.300. The van der Waals surface area contributed by atoms with E-state index in [2.05, 4.69) is 0 Å². The minimum Gasteiger partial charge on any atom is -0.461 e. The largest absolute Gasteiger partial charge is 0.461 e. The average molecular weight is 179 g/mol. The maximum absolute atomic E-state index is 10.5. The minimum absolute atomic E-state index is 0.239. The summed E-state index contributed by atoms with van der Waals surface area (Å²) in [7, 11) is 0. The molecule has 0 saturated carbocycles. The second-order valence-corrected chi connectivity index (χ2v) is 2.74. The van der Waals surface area contributed by atoms with E-state index in [1.54, 1.807) is 18.2 Å². The number of carbonyl (C=O) groups excluding carboxylic acids is 1. The Morgan fingerprint density at radius 3 is 2.69 bits per heavy atom. The van der Waals surface area contributed by atoms with E-state index < -0.39 is 0 Å². The standard InChI is InChI=1S/C10H11O3/c1-8(12)13-7-10-4-2-3-9(5-10)6-11/h2-5H,6-7H2,1H3. The van der Waals surface area contributed by atoms with Crippen LogP contribution in [0.15, 0.2) is 24.3 Å². The molecule has 0 spiro atoms. The van der Waals surface area contributed by atoms with Crippen molar-refractivity contribution in [1.29, 1.82) is 0 Å². The third-order valence-electron chi connectivity index (χ3n) is 1.60. The van der Waals surface area contributed by atoms with Gasteiger partial charge >= 0.3 is 5.97 Å². The number of benzene rings is 1. The van der Waals surface area contributed by atoms with Gasteiger partial charge in [0.1, 0.15) is 13.2 Å². The Morgan fingerprint density at radius 1 is 1.38 bits per heavy atom. The van der Waals surface area contributed by atoms with Crippen molar-refractivity contribution in [3.8, 4) is 0 Å². The monoisotopic (exact) mass is 179 g/mol. The van der Waals surface area contributed by atoms with E-state index in [1.807, 2.05) is 6.07 Å². The molecule has 1 aromatic rings. The normalized spacial score (nSPS) is 9.69. The van der Waals surface area contributed by atoms with Crippen LogP contribution in [0.1, 0.15) is 18.1 Å². The predicted octanol–water partition coefficient (Wildman–Crippen LogP) is 1.68. The van der Waals surface area contributed by atoms with E-state index in [1.165, 1.54) is 6.92 Å². The van der Waals surface area contributed by atoms with Gasteiger partial charge in [0.25, 0.3) is 0 Å². The van der Waals surface area contributed by atoms with Gasteiger partial charge in [-0.25, -0.2) is 5.11 Å². The summed E-state index contributed by atoms with van der Waals surface area (Å²) >= 11 is 0. The van der Waals surface area contributed by atoms with Crippen LogP contribution in [-0.2, 0) is 27.9 Å². The van der Waals surface area contributed by atoms with Crippen molar-refractivity contribution in [3.05, 3.63) is 35.4 Å². The number of carbonyl (C=O) groups is 1. The van der Waals surface area contributed by atoms with Crippen molar-refractivity contribution in [2.24, 2.45) is 0 Å². The smallest absolute Gasteiger partial charge is 0.302 e. The summed E-state index contributed by atoms with van der Waals surface area (Å²) in [5.74, 6) is -0.312. The Hall–Kier alpha value is -1.35. The first-order chi connectivity index (χ1) is 6.22. The molecular formula is C10H11O3. The summed E-state index contributed by atoms with van der Waals surface area (Å²) in [6, 6.07) is 7.11. The van der Waals surface area contributed by atoms with Crippen LogP contribution in [0.25, 0.3) is 0 Å². The molecule has 0 N–H and O–H groups in total. The molecule has 0 fully saturated rings. The predicted molar refractivity (Wildman–Crippen MR) is 46.3 cm³/mol. The number of hydrogen-bond donors (Lipinski definition) is 0. The van der Waals surface area contributed by atoms with Gasteiger partial charge in [-0.15, -0.1) is 0 Å². The summed E-state index contributed by atoms with van der Waals surface area (Å²) in [6.07, 6.45) is 0. The third-order valence-corrected chi connectivity index (χ3v) is 1.60. The highest BCUT2D eigenvalue weighted by molar-refractivity contribution is 5.65. The summed E-state index contributed by atoms with van der Waals surface area (Å²) in [5.41, 5.74) is 1.56.